The van der Waals surface area contributed by atoms with E-state index in [0.717, 1.165) is 16.9 Å². The lowest BCUT2D eigenvalue weighted by Crippen LogP contribution is -1.99. The largest absolute Gasteiger partial charge is 0.338 e. The average molecular weight is 256 g/mol. The summed E-state index contributed by atoms with van der Waals surface area (Å²) in [7, 11) is 0. The maximum atomic E-state index is 5.44. The summed E-state index contributed by atoms with van der Waals surface area (Å²) >= 11 is 0. The molecule has 3 aromatic rings. The third-order valence-corrected chi connectivity index (χ3v) is 2.58. The summed E-state index contributed by atoms with van der Waals surface area (Å²) in [4.78, 5) is 5.74. The van der Waals surface area contributed by atoms with Gasteiger partial charge < -0.3 is 10.3 Å². The van der Waals surface area contributed by atoms with Crippen molar-refractivity contribution in [3.8, 4) is 17.1 Å². The molecule has 19 heavy (non-hydrogen) atoms. The zero-order valence-corrected chi connectivity index (χ0v) is 10.3. The SMILES string of the molecule is Cc1cnn(-c2cccc(-c3noc(CN)n3)c2)n1. The molecular weight excluding hydrogens is 244 g/mol. The van der Waals surface area contributed by atoms with E-state index in [2.05, 4.69) is 20.3 Å². The monoisotopic (exact) mass is 256 g/mol. The van der Waals surface area contributed by atoms with Crippen LogP contribution in [0, 0.1) is 6.92 Å². The Morgan fingerprint density at radius 3 is 2.95 bits per heavy atom. The second-order valence-corrected chi connectivity index (χ2v) is 4.04. The van der Waals surface area contributed by atoms with Gasteiger partial charge >= 0.3 is 0 Å². The number of rotatable bonds is 3. The Morgan fingerprint density at radius 1 is 1.37 bits per heavy atom. The van der Waals surface area contributed by atoms with Crippen molar-refractivity contribution in [3.63, 3.8) is 0 Å². The molecule has 0 amide bonds. The Labute approximate surface area is 109 Å². The molecule has 0 saturated carbocycles. The van der Waals surface area contributed by atoms with Crippen LogP contribution in [0.4, 0.5) is 0 Å². The lowest BCUT2D eigenvalue weighted by atomic mass is 10.2. The number of hydrogen-bond donors (Lipinski definition) is 1. The molecule has 0 saturated heterocycles. The van der Waals surface area contributed by atoms with Gasteiger partial charge in [0.1, 0.15) is 0 Å². The highest BCUT2D eigenvalue weighted by atomic mass is 16.5. The van der Waals surface area contributed by atoms with Crippen molar-refractivity contribution >= 4 is 0 Å². The van der Waals surface area contributed by atoms with Crippen LogP contribution >= 0.6 is 0 Å². The van der Waals surface area contributed by atoms with Gasteiger partial charge in [0.2, 0.25) is 11.7 Å². The van der Waals surface area contributed by atoms with E-state index in [1.807, 2.05) is 31.2 Å². The zero-order chi connectivity index (χ0) is 13.2. The summed E-state index contributed by atoms with van der Waals surface area (Å²) < 4.78 is 4.99. The second-order valence-electron chi connectivity index (χ2n) is 4.04. The van der Waals surface area contributed by atoms with Crippen LogP contribution < -0.4 is 5.73 Å². The summed E-state index contributed by atoms with van der Waals surface area (Å²) in [6.07, 6.45) is 1.70. The lowest BCUT2D eigenvalue weighted by Gasteiger charge is -2.00. The molecule has 2 aromatic heterocycles. The van der Waals surface area contributed by atoms with E-state index < -0.39 is 0 Å². The fourth-order valence-corrected chi connectivity index (χ4v) is 1.69. The van der Waals surface area contributed by atoms with Crippen LogP contribution in [0.3, 0.4) is 0 Å². The number of benzene rings is 1. The minimum absolute atomic E-state index is 0.229. The summed E-state index contributed by atoms with van der Waals surface area (Å²) in [6, 6.07) is 7.59. The Bertz CT molecular complexity index is 702. The molecule has 0 aliphatic carbocycles. The quantitative estimate of drug-likeness (QED) is 0.753. The smallest absolute Gasteiger partial charge is 0.240 e. The minimum atomic E-state index is 0.229. The minimum Gasteiger partial charge on any atom is -0.338 e. The fourth-order valence-electron chi connectivity index (χ4n) is 1.69. The normalized spacial score (nSPS) is 10.8. The van der Waals surface area contributed by atoms with Crippen LogP contribution in [0.25, 0.3) is 17.1 Å². The Morgan fingerprint density at radius 2 is 2.26 bits per heavy atom. The Kier molecular flexibility index (Phi) is 2.81. The van der Waals surface area contributed by atoms with Crippen molar-refractivity contribution < 1.29 is 4.52 Å². The van der Waals surface area contributed by atoms with Crippen LogP contribution in [0.15, 0.2) is 35.0 Å². The van der Waals surface area contributed by atoms with Gasteiger partial charge in [-0.3, -0.25) is 0 Å². The van der Waals surface area contributed by atoms with Crippen molar-refractivity contribution in [1.29, 1.82) is 0 Å². The molecule has 3 rings (SSSR count). The van der Waals surface area contributed by atoms with Gasteiger partial charge in [0, 0.05) is 5.56 Å². The average Bonchev–Trinajstić information content (AvgIpc) is 3.07. The van der Waals surface area contributed by atoms with Crippen LogP contribution in [-0.2, 0) is 6.54 Å². The Hall–Kier alpha value is -2.54. The maximum absolute atomic E-state index is 5.44. The third-order valence-electron chi connectivity index (χ3n) is 2.58. The molecule has 96 valence electrons. The van der Waals surface area contributed by atoms with Crippen molar-refractivity contribution in [2.75, 3.05) is 0 Å². The van der Waals surface area contributed by atoms with Crippen molar-refractivity contribution in [2.24, 2.45) is 5.73 Å². The predicted octanol–water partition coefficient (Wildman–Crippen LogP) is 1.08. The molecule has 0 aliphatic heterocycles. The van der Waals surface area contributed by atoms with E-state index in [9.17, 15) is 0 Å². The van der Waals surface area contributed by atoms with Gasteiger partial charge in [0.15, 0.2) is 0 Å². The molecule has 0 aliphatic rings. The van der Waals surface area contributed by atoms with Gasteiger partial charge in [-0.1, -0.05) is 17.3 Å². The highest BCUT2D eigenvalue weighted by Gasteiger charge is 2.09. The summed E-state index contributed by atoms with van der Waals surface area (Å²) in [5.74, 6) is 0.916. The summed E-state index contributed by atoms with van der Waals surface area (Å²) in [5, 5.41) is 12.3. The van der Waals surface area contributed by atoms with Gasteiger partial charge in [0.25, 0.3) is 0 Å². The van der Waals surface area contributed by atoms with E-state index in [1.54, 1.807) is 11.0 Å². The fraction of sp³-hybridized carbons (Fsp3) is 0.167. The molecule has 0 fully saturated rings. The molecule has 2 heterocycles. The number of nitrogens with two attached hydrogens (primary N) is 1. The molecule has 0 spiro atoms. The summed E-state index contributed by atoms with van der Waals surface area (Å²) in [5.41, 5.74) is 7.97. The first-order valence-electron chi connectivity index (χ1n) is 5.78. The summed E-state index contributed by atoms with van der Waals surface area (Å²) in [6.45, 7) is 2.12. The number of hydrogen-bond acceptors (Lipinski definition) is 6. The van der Waals surface area contributed by atoms with Crippen LogP contribution in [0.1, 0.15) is 11.6 Å². The zero-order valence-electron chi connectivity index (χ0n) is 10.3. The van der Waals surface area contributed by atoms with Crippen molar-refractivity contribution in [3.05, 3.63) is 42.0 Å². The molecule has 7 nitrogen and oxygen atoms in total. The van der Waals surface area contributed by atoms with E-state index in [1.165, 1.54) is 0 Å². The molecule has 0 radical (unpaired) electrons. The highest BCUT2D eigenvalue weighted by molar-refractivity contribution is 5.58. The standard InChI is InChI=1S/C12H12N6O/c1-8-7-14-18(16-8)10-4-2-3-9(5-10)12-15-11(6-13)19-17-12/h2-5,7H,6,13H2,1H3. The molecule has 0 bridgehead atoms. The maximum Gasteiger partial charge on any atom is 0.240 e. The van der Waals surface area contributed by atoms with E-state index in [0.29, 0.717) is 11.7 Å². The molecule has 7 heteroatoms. The van der Waals surface area contributed by atoms with Crippen LogP contribution in [0.5, 0.6) is 0 Å². The lowest BCUT2D eigenvalue weighted by molar-refractivity contribution is 0.380. The van der Waals surface area contributed by atoms with Gasteiger partial charge in [-0.2, -0.15) is 20.0 Å². The highest BCUT2D eigenvalue weighted by Crippen LogP contribution is 2.18. The van der Waals surface area contributed by atoms with Crippen LogP contribution in [0.2, 0.25) is 0 Å². The molecular formula is C12H12N6O. The molecule has 0 unspecified atom stereocenters. The van der Waals surface area contributed by atoms with Crippen molar-refractivity contribution in [1.82, 2.24) is 25.1 Å². The molecule has 2 N–H and O–H groups in total. The first kappa shape index (κ1) is 11.5. The Balaban J connectivity index is 2.00. The topological polar surface area (TPSA) is 95.7 Å². The first-order chi connectivity index (χ1) is 9.26. The number of aromatic nitrogens is 5. The first-order valence-corrected chi connectivity index (χ1v) is 5.78. The second kappa shape index (κ2) is 4.62. The van der Waals surface area contributed by atoms with E-state index in [4.69, 9.17) is 10.3 Å². The number of aryl methyl sites for hydroxylation is 1. The van der Waals surface area contributed by atoms with Crippen LogP contribution in [-0.4, -0.2) is 25.1 Å². The number of nitrogens with zero attached hydrogens (tertiary/aromatic N) is 5. The molecule has 1 aromatic carbocycles. The van der Waals surface area contributed by atoms with Gasteiger partial charge in [0.05, 0.1) is 24.1 Å². The van der Waals surface area contributed by atoms with Crippen molar-refractivity contribution in [2.45, 2.75) is 13.5 Å². The molecule has 0 atom stereocenters. The van der Waals surface area contributed by atoms with Gasteiger partial charge in [-0.05, 0) is 19.1 Å². The van der Waals surface area contributed by atoms with Gasteiger partial charge in [-0.15, -0.1) is 0 Å². The van der Waals surface area contributed by atoms with E-state index in [-0.39, 0.29) is 6.54 Å². The van der Waals surface area contributed by atoms with E-state index >= 15 is 0 Å². The predicted molar refractivity (Wildman–Crippen MR) is 67.3 cm³/mol. The van der Waals surface area contributed by atoms with Gasteiger partial charge in [-0.25, -0.2) is 0 Å². The third kappa shape index (κ3) is 2.23.